The molecule has 0 bridgehead atoms. The molecule has 0 spiro atoms. The Morgan fingerprint density at radius 1 is 1.35 bits per heavy atom. The zero-order valence-corrected chi connectivity index (χ0v) is 10.9. The summed E-state index contributed by atoms with van der Waals surface area (Å²) in [5, 5.41) is 0.550. The van der Waals surface area contributed by atoms with Crippen molar-refractivity contribution in [3.63, 3.8) is 0 Å². The molecule has 1 fully saturated rings. The average Bonchev–Trinajstić information content (AvgIpc) is 2.84. The van der Waals surface area contributed by atoms with E-state index in [1.165, 1.54) is 12.8 Å². The molecule has 1 aromatic carbocycles. The minimum atomic E-state index is 0.0741. The zero-order valence-electron chi connectivity index (χ0n) is 10.2. The summed E-state index contributed by atoms with van der Waals surface area (Å²) in [5.74, 6) is 0.0741. The van der Waals surface area contributed by atoms with E-state index in [-0.39, 0.29) is 5.91 Å². The number of amides is 1. The van der Waals surface area contributed by atoms with Gasteiger partial charge in [0.25, 0.3) is 5.91 Å². The quantitative estimate of drug-likeness (QED) is 0.801. The minimum absolute atomic E-state index is 0.0741. The maximum atomic E-state index is 12.4. The van der Waals surface area contributed by atoms with Crippen molar-refractivity contribution in [3.8, 4) is 0 Å². The molecule has 92 valence electrons. The SMILES string of the molecule is CCN(C(=O)c1ccccc1Cl)C1CCCC1. The standard InChI is InChI=1S/C14H18ClNO/c1-2-16(11-7-3-4-8-11)14(17)12-9-5-6-10-13(12)15/h5-6,9-11H,2-4,7-8H2,1H3. The number of halogens is 1. The van der Waals surface area contributed by atoms with Gasteiger partial charge >= 0.3 is 0 Å². The lowest BCUT2D eigenvalue weighted by molar-refractivity contribution is 0.0694. The second kappa shape index (κ2) is 5.54. The highest BCUT2D eigenvalue weighted by Gasteiger charge is 2.26. The van der Waals surface area contributed by atoms with E-state index in [1.807, 2.05) is 30.0 Å². The predicted octanol–water partition coefficient (Wildman–Crippen LogP) is 3.74. The van der Waals surface area contributed by atoms with Gasteiger partial charge in [-0.3, -0.25) is 4.79 Å². The lowest BCUT2D eigenvalue weighted by Crippen LogP contribution is -2.38. The van der Waals surface area contributed by atoms with Gasteiger partial charge in [-0.1, -0.05) is 36.6 Å². The third-order valence-electron chi connectivity index (χ3n) is 3.47. The number of hydrogen-bond donors (Lipinski definition) is 0. The molecular formula is C14H18ClNO. The smallest absolute Gasteiger partial charge is 0.255 e. The Labute approximate surface area is 108 Å². The molecular weight excluding hydrogens is 234 g/mol. The molecule has 0 heterocycles. The van der Waals surface area contributed by atoms with E-state index in [0.29, 0.717) is 16.6 Å². The van der Waals surface area contributed by atoms with E-state index in [9.17, 15) is 4.79 Å². The summed E-state index contributed by atoms with van der Waals surface area (Å²) in [6, 6.07) is 7.70. The van der Waals surface area contributed by atoms with Crippen LogP contribution in [0.15, 0.2) is 24.3 Å². The van der Waals surface area contributed by atoms with Gasteiger partial charge in [-0.05, 0) is 31.9 Å². The Hall–Kier alpha value is -1.02. The first-order valence-electron chi connectivity index (χ1n) is 6.29. The maximum Gasteiger partial charge on any atom is 0.255 e. The van der Waals surface area contributed by atoms with Gasteiger partial charge in [-0.15, -0.1) is 0 Å². The molecule has 0 N–H and O–H groups in total. The van der Waals surface area contributed by atoms with Crippen LogP contribution < -0.4 is 0 Å². The highest BCUT2D eigenvalue weighted by Crippen LogP contribution is 2.26. The topological polar surface area (TPSA) is 20.3 Å². The van der Waals surface area contributed by atoms with Crippen LogP contribution in [0.4, 0.5) is 0 Å². The normalized spacial score (nSPS) is 16.1. The molecule has 1 aromatic rings. The van der Waals surface area contributed by atoms with Gasteiger partial charge in [-0.2, -0.15) is 0 Å². The highest BCUT2D eigenvalue weighted by atomic mass is 35.5. The molecule has 0 aromatic heterocycles. The fourth-order valence-corrected chi connectivity index (χ4v) is 2.79. The summed E-state index contributed by atoms with van der Waals surface area (Å²) < 4.78 is 0. The van der Waals surface area contributed by atoms with Crippen molar-refractivity contribution in [2.75, 3.05) is 6.54 Å². The monoisotopic (exact) mass is 251 g/mol. The Bertz CT molecular complexity index is 399. The van der Waals surface area contributed by atoms with Gasteiger partial charge in [0.1, 0.15) is 0 Å². The molecule has 0 atom stereocenters. The van der Waals surface area contributed by atoms with Gasteiger partial charge in [0.15, 0.2) is 0 Å². The Morgan fingerprint density at radius 3 is 2.59 bits per heavy atom. The van der Waals surface area contributed by atoms with Crippen LogP contribution in [-0.4, -0.2) is 23.4 Å². The molecule has 0 unspecified atom stereocenters. The Kier molecular flexibility index (Phi) is 4.06. The number of rotatable bonds is 3. The molecule has 0 aliphatic heterocycles. The molecule has 2 rings (SSSR count). The van der Waals surface area contributed by atoms with Gasteiger partial charge < -0.3 is 4.90 Å². The van der Waals surface area contributed by atoms with Gasteiger partial charge in [0.2, 0.25) is 0 Å². The van der Waals surface area contributed by atoms with Crippen LogP contribution >= 0.6 is 11.6 Å². The summed E-state index contributed by atoms with van der Waals surface area (Å²) in [5.41, 5.74) is 0.628. The second-order valence-corrected chi connectivity index (χ2v) is 4.92. The average molecular weight is 252 g/mol. The van der Waals surface area contributed by atoms with E-state index in [1.54, 1.807) is 6.07 Å². The van der Waals surface area contributed by atoms with E-state index >= 15 is 0 Å². The molecule has 1 saturated carbocycles. The molecule has 1 aliphatic carbocycles. The van der Waals surface area contributed by atoms with Crippen LogP contribution in [0.3, 0.4) is 0 Å². The van der Waals surface area contributed by atoms with Crippen molar-refractivity contribution in [1.82, 2.24) is 4.90 Å². The first kappa shape index (κ1) is 12.4. The lowest BCUT2D eigenvalue weighted by Gasteiger charge is -2.28. The van der Waals surface area contributed by atoms with E-state index in [4.69, 9.17) is 11.6 Å². The summed E-state index contributed by atoms with van der Waals surface area (Å²) in [7, 11) is 0. The zero-order chi connectivity index (χ0) is 12.3. The van der Waals surface area contributed by atoms with Crippen molar-refractivity contribution in [1.29, 1.82) is 0 Å². The van der Waals surface area contributed by atoms with Crippen molar-refractivity contribution < 1.29 is 4.79 Å². The van der Waals surface area contributed by atoms with Crippen molar-refractivity contribution in [3.05, 3.63) is 34.9 Å². The molecule has 0 saturated heterocycles. The summed E-state index contributed by atoms with van der Waals surface area (Å²) in [6.45, 7) is 2.79. The highest BCUT2D eigenvalue weighted by molar-refractivity contribution is 6.33. The van der Waals surface area contributed by atoms with Crippen LogP contribution in [0.1, 0.15) is 43.0 Å². The van der Waals surface area contributed by atoms with Crippen LogP contribution in [0.25, 0.3) is 0 Å². The Balaban J connectivity index is 2.20. The molecule has 1 aliphatic rings. The van der Waals surface area contributed by atoms with E-state index in [0.717, 1.165) is 19.4 Å². The third-order valence-corrected chi connectivity index (χ3v) is 3.80. The minimum Gasteiger partial charge on any atom is -0.336 e. The summed E-state index contributed by atoms with van der Waals surface area (Å²) >= 11 is 6.08. The van der Waals surface area contributed by atoms with Gasteiger partial charge in [0, 0.05) is 12.6 Å². The molecule has 2 nitrogen and oxygen atoms in total. The van der Waals surface area contributed by atoms with Crippen molar-refractivity contribution in [2.45, 2.75) is 38.6 Å². The van der Waals surface area contributed by atoms with Gasteiger partial charge in [-0.25, -0.2) is 0 Å². The molecule has 3 heteroatoms. The number of hydrogen-bond acceptors (Lipinski definition) is 1. The lowest BCUT2D eigenvalue weighted by atomic mass is 10.1. The fourth-order valence-electron chi connectivity index (χ4n) is 2.57. The number of benzene rings is 1. The van der Waals surface area contributed by atoms with Crippen LogP contribution in [-0.2, 0) is 0 Å². The molecule has 17 heavy (non-hydrogen) atoms. The molecule has 1 amide bonds. The first-order chi connectivity index (χ1) is 8.24. The largest absolute Gasteiger partial charge is 0.336 e. The van der Waals surface area contributed by atoms with Crippen LogP contribution in [0.2, 0.25) is 5.02 Å². The fraction of sp³-hybridized carbons (Fsp3) is 0.500. The van der Waals surface area contributed by atoms with Gasteiger partial charge in [0.05, 0.1) is 10.6 Å². The maximum absolute atomic E-state index is 12.4. The number of carbonyl (C=O) groups excluding carboxylic acids is 1. The first-order valence-corrected chi connectivity index (χ1v) is 6.67. The Morgan fingerprint density at radius 2 is 2.00 bits per heavy atom. The number of nitrogens with zero attached hydrogens (tertiary/aromatic N) is 1. The van der Waals surface area contributed by atoms with Crippen molar-refractivity contribution in [2.24, 2.45) is 0 Å². The summed E-state index contributed by atoms with van der Waals surface area (Å²) in [4.78, 5) is 14.4. The van der Waals surface area contributed by atoms with Crippen LogP contribution in [0.5, 0.6) is 0 Å². The summed E-state index contributed by atoms with van der Waals surface area (Å²) in [6.07, 6.45) is 4.72. The second-order valence-electron chi connectivity index (χ2n) is 4.51. The van der Waals surface area contributed by atoms with E-state index in [2.05, 4.69) is 0 Å². The van der Waals surface area contributed by atoms with Crippen molar-refractivity contribution >= 4 is 17.5 Å². The number of carbonyl (C=O) groups is 1. The van der Waals surface area contributed by atoms with Crippen LogP contribution in [0, 0.1) is 0 Å². The van der Waals surface area contributed by atoms with E-state index < -0.39 is 0 Å². The predicted molar refractivity (Wildman–Crippen MR) is 70.4 cm³/mol. The third kappa shape index (κ3) is 2.63. The molecule has 0 radical (unpaired) electrons.